The topological polar surface area (TPSA) is 113 Å². The van der Waals surface area contributed by atoms with E-state index in [-0.39, 0.29) is 9.92 Å². The van der Waals surface area contributed by atoms with Crippen molar-refractivity contribution in [3.8, 4) is 0 Å². The summed E-state index contributed by atoms with van der Waals surface area (Å²) in [5.41, 5.74) is 5.79. The lowest BCUT2D eigenvalue weighted by Gasteiger charge is -2.14. The standard InChI is InChI=1S/C9H13ClN2O4S/c10-8-3-6(11)1-2-9(8)17(15,16)12-7(4-13)5-14/h1-3,7,12-14H,4-5,11H2. The fourth-order valence-corrected chi connectivity index (χ4v) is 2.92. The third kappa shape index (κ3) is 3.55. The van der Waals surface area contributed by atoms with Gasteiger partial charge in [0.25, 0.3) is 0 Å². The van der Waals surface area contributed by atoms with Crippen LogP contribution in [0.2, 0.25) is 5.02 Å². The Bertz CT molecular complexity index is 488. The number of rotatable bonds is 5. The minimum atomic E-state index is -3.89. The second-order valence-corrected chi connectivity index (χ2v) is 5.46. The number of anilines is 1. The summed E-state index contributed by atoms with van der Waals surface area (Å²) in [5.74, 6) is 0. The van der Waals surface area contributed by atoms with Crippen LogP contribution in [0.1, 0.15) is 0 Å². The molecule has 6 nitrogen and oxygen atoms in total. The summed E-state index contributed by atoms with van der Waals surface area (Å²) >= 11 is 5.76. The van der Waals surface area contributed by atoms with Crippen LogP contribution in [0.5, 0.6) is 0 Å². The molecule has 1 aromatic carbocycles. The summed E-state index contributed by atoms with van der Waals surface area (Å²) in [6.07, 6.45) is 0. The molecule has 0 bridgehead atoms. The highest BCUT2D eigenvalue weighted by atomic mass is 35.5. The Morgan fingerprint density at radius 1 is 1.35 bits per heavy atom. The fourth-order valence-electron chi connectivity index (χ4n) is 1.15. The monoisotopic (exact) mass is 280 g/mol. The van der Waals surface area contributed by atoms with Crippen molar-refractivity contribution in [2.24, 2.45) is 0 Å². The molecular formula is C9H13ClN2O4S. The molecule has 8 heteroatoms. The molecule has 0 unspecified atom stereocenters. The highest BCUT2D eigenvalue weighted by Gasteiger charge is 2.21. The van der Waals surface area contributed by atoms with Gasteiger partial charge in [-0.05, 0) is 18.2 Å². The molecule has 0 aromatic heterocycles. The van der Waals surface area contributed by atoms with Crippen molar-refractivity contribution in [3.05, 3.63) is 23.2 Å². The molecule has 5 N–H and O–H groups in total. The first kappa shape index (κ1) is 14.2. The van der Waals surface area contributed by atoms with Gasteiger partial charge in [-0.25, -0.2) is 13.1 Å². The summed E-state index contributed by atoms with van der Waals surface area (Å²) in [6.45, 7) is -1.02. The van der Waals surface area contributed by atoms with Crippen LogP contribution in [-0.2, 0) is 10.0 Å². The molecule has 0 heterocycles. The van der Waals surface area contributed by atoms with E-state index in [4.69, 9.17) is 27.5 Å². The number of aliphatic hydroxyl groups is 2. The van der Waals surface area contributed by atoms with E-state index in [1.807, 2.05) is 0 Å². The minimum absolute atomic E-state index is 0.0212. The number of hydrogen-bond acceptors (Lipinski definition) is 5. The van der Waals surface area contributed by atoms with Crippen LogP contribution in [0.4, 0.5) is 5.69 Å². The van der Waals surface area contributed by atoms with Crippen molar-refractivity contribution in [2.45, 2.75) is 10.9 Å². The predicted molar refractivity (Wildman–Crippen MR) is 64.1 cm³/mol. The van der Waals surface area contributed by atoms with Gasteiger partial charge in [-0.3, -0.25) is 0 Å². The molecule has 0 aliphatic heterocycles. The van der Waals surface area contributed by atoms with Crippen molar-refractivity contribution in [2.75, 3.05) is 18.9 Å². The summed E-state index contributed by atoms with van der Waals surface area (Å²) in [5, 5.41) is 17.6. The molecule has 1 rings (SSSR count). The average Bonchev–Trinajstić information content (AvgIpc) is 2.25. The third-order valence-corrected chi connectivity index (χ3v) is 4.01. The van der Waals surface area contributed by atoms with E-state index in [1.54, 1.807) is 0 Å². The van der Waals surface area contributed by atoms with Crippen LogP contribution in [0.25, 0.3) is 0 Å². The van der Waals surface area contributed by atoms with Gasteiger partial charge in [-0.1, -0.05) is 11.6 Å². The molecule has 0 saturated heterocycles. The highest BCUT2D eigenvalue weighted by molar-refractivity contribution is 7.89. The number of sulfonamides is 1. The maximum atomic E-state index is 11.8. The normalized spacial score (nSPS) is 12.0. The molecule has 0 fully saturated rings. The Balaban J connectivity index is 3.05. The van der Waals surface area contributed by atoms with Gasteiger partial charge in [0.05, 0.1) is 24.3 Å². The van der Waals surface area contributed by atoms with Crippen molar-refractivity contribution in [3.63, 3.8) is 0 Å². The SMILES string of the molecule is Nc1ccc(S(=O)(=O)NC(CO)CO)c(Cl)c1. The summed E-state index contributed by atoms with van der Waals surface area (Å²) in [6, 6.07) is 3.00. The Kier molecular flexibility index (Phi) is 4.72. The number of hydrogen-bond donors (Lipinski definition) is 4. The average molecular weight is 281 g/mol. The van der Waals surface area contributed by atoms with Gasteiger partial charge in [0.1, 0.15) is 4.90 Å². The Hall–Kier alpha value is -0.860. The zero-order chi connectivity index (χ0) is 13.1. The van der Waals surface area contributed by atoms with Gasteiger partial charge in [-0.15, -0.1) is 0 Å². The molecule has 96 valence electrons. The number of aliphatic hydroxyl groups excluding tert-OH is 2. The zero-order valence-electron chi connectivity index (χ0n) is 8.80. The first-order chi connectivity index (χ1) is 7.90. The molecule has 17 heavy (non-hydrogen) atoms. The largest absolute Gasteiger partial charge is 0.399 e. The number of benzene rings is 1. The van der Waals surface area contributed by atoms with Crippen LogP contribution in [-0.4, -0.2) is 37.9 Å². The van der Waals surface area contributed by atoms with Gasteiger partial charge in [0, 0.05) is 5.69 Å². The van der Waals surface area contributed by atoms with Gasteiger partial charge in [-0.2, -0.15) is 0 Å². The summed E-state index contributed by atoms with van der Waals surface area (Å²) in [7, 11) is -3.89. The minimum Gasteiger partial charge on any atom is -0.399 e. The highest BCUT2D eigenvalue weighted by Crippen LogP contribution is 2.23. The van der Waals surface area contributed by atoms with Gasteiger partial charge in [0.2, 0.25) is 10.0 Å². The van der Waals surface area contributed by atoms with E-state index < -0.39 is 29.3 Å². The quantitative estimate of drug-likeness (QED) is 0.546. The van der Waals surface area contributed by atoms with Crippen LogP contribution in [0.15, 0.2) is 23.1 Å². The van der Waals surface area contributed by atoms with Crippen molar-refractivity contribution >= 4 is 27.3 Å². The number of nitrogens with one attached hydrogen (secondary N) is 1. The molecule has 0 amide bonds. The second-order valence-electron chi connectivity index (χ2n) is 3.37. The van der Waals surface area contributed by atoms with Crippen molar-refractivity contribution in [1.29, 1.82) is 0 Å². The van der Waals surface area contributed by atoms with Crippen LogP contribution >= 0.6 is 11.6 Å². The Labute approximate surface area is 104 Å². The maximum Gasteiger partial charge on any atom is 0.242 e. The van der Waals surface area contributed by atoms with E-state index in [1.165, 1.54) is 18.2 Å². The fraction of sp³-hybridized carbons (Fsp3) is 0.333. The molecule has 0 spiro atoms. The number of nitrogen functional groups attached to an aromatic ring is 1. The summed E-state index contributed by atoms with van der Waals surface area (Å²) in [4.78, 5) is -0.153. The van der Waals surface area contributed by atoms with E-state index in [0.717, 1.165) is 0 Å². The molecule has 1 aromatic rings. The van der Waals surface area contributed by atoms with Gasteiger partial charge in [0.15, 0.2) is 0 Å². The van der Waals surface area contributed by atoms with Crippen LogP contribution < -0.4 is 10.5 Å². The van der Waals surface area contributed by atoms with Crippen LogP contribution in [0.3, 0.4) is 0 Å². The lowest BCUT2D eigenvalue weighted by atomic mass is 10.3. The number of nitrogens with two attached hydrogens (primary N) is 1. The Morgan fingerprint density at radius 2 is 1.94 bits per heavy atom. The first-order valence-electron chi connectivity index (χ1n) is 4.69. The zero-order valence-corrected chi connectivity index (χ0v) is 10.4. The van der Waals surface area contributed by atoms with Crippen molar-refractivity contribution in [1.82, 2.24) is 4.72 Å². The van der Waals surface area contributed by atoms with E-state index in [0.29, 0.717) is 5.69 Å². The molecule has 0 radical (unpaired) electrons. The van der Waals surface area contributed by atoms with Gasteiger partial charge >= 0.3 is 0 Å². The molecule has 0 aliphatic rings. The Morgan fingerprint density at radius 3 is 2.41 bits per heavy atom. The second kappa shape index (κ2) is 5.65. The van der Waals surface area contributed by atoms with E-state index in [2.05, 4.69) is 4.72 Å². The predicted octanol–water partition coefficient (Wildman–Crippen LogP) is -0.446. The first-order valence-corrected chi connectivity index (χ1v) is 6.56. The molecule has 0 atom stereocenters. The number of halogens is 1. The molecular weight excluding hydrogens is 268 g/mol. The van der Waals surface area contributed by atoms with Gasteiger partial charge < -0.3 is 15.9 Å². The maximum absolute atomic E-state index is 11.8. The van der Waals surface area contributed by atoms with Crippen molar-refractivity contribution < 1.29 is 18.6 Å². The smallest absolute Gasteiger partial charge is 0.242 e. The van der Waals surface area contributed by atoms with E-state index in [9.17, 15) is 8.42 Å². The van der Waals surface area contributed by atoms with E-state index >= 15 is 0 Å². The third-order valence-electron chi connectivity index (χ3n) is 2.01. The lowest BCUT2D eigenvalue weighted by molar-refractivity contribution is 0.185. The lowest BCUT2D eigenvalue weighted by Crippen LogP contribution is -2.40. The molecule has 0 aliphatic carbocycles. The van der Waals surface area contributed by atoms with Crippen LogP contribution in [0, 0.1) is 0 Å². The summed E-state index contributed by atoms with van der Waals surface area (Å²) < 4.78 is 25.8. The molecule has 0 saturated carbocycles.